The van der Waals surface area contributed by atoms with Gasteiger partial charge >= 0.3 is 6.09 Å². The molecule has 0 aromatic carbocycles. The molecule has 0 aromatic heterocycles. The summed E-state index contributed by atoms with van der Waals surface area (Å²) in [5.74, 6) is -0.0959. The lowest BCUT2D eigenvalue weighted by molar-refractivity contribution is -0.114. The van der Waals surface area contributed by atoms with Crippen LogP contribution >= 0.6 is 0 Å². The Labute approximate surface area is 65.2 Å². The third kappa shape index (κ3) is 5.14. The molecule has 0 unspecified atom stereocenters. The summed E-state index contributed by atoms with van der Waals surface area (Å²) in [6, 6.07) is 0. The van der Waals surface area contributed by atoms with Gasteiger partial charge in [0.15, 0.2) is 5.78 Å². The number of hydrogen-bond acceptors (Lipinski definition) is 3. The van der Waals surface area contributed by atoms with Gasteiger partial charge in [-0.3, -0.25) is 4.79 Å². The van der Waals surface area contributed by atoms with E-state index in [-0.39, 0.29) is 18.7 Å². The highest BCUT2D eigenvalue weighted by molar-refractivity contribution is 5.89. The Morgan fingerprint density at radius 2 is 2.27 bits per heavy atom. The van der Waals surface area contributed by atoms with Crippen molar-refractivity contribution in [2.75, 3.05) is 13.7 Å². The summed E-state index contributed by atoms with van der Waals surface area (Å²) in [5, 5.41) is 2.37. The van der Waals surface area contributed by atoms with E-state index < -0.39 is 6.09 Å². The van der Waals surface area contributed by atoms with Crippen LogP contribution in [0.15, 0.2) is 12.7 Å². The summed E-state index contributed by atoms with van der Waals surface area (Å²) in [5.41, 5.74) is 0. The Kier molecular flexibility index (Phi) is 4.81. The van der Waals surface area contributed by atoms with Crippen LogP contribution in [-0.2, 0) is 9.53 Å². The number of ether oxygens (including phenoxy) is 1. The third-order valence-corrected chi connectivity index (χ3v) is 1.05. The predicted octanol–water partition coefficient (Wildman–Crippen LogP) is 0.488. The van der Waals surface area contributed by atoms with Crippen molar-refractivity contribution in [2.24, 2.45) is 0 Å². The predicted molar refractivity (Wildman–Crippen MR) is 40.2 cm³/mol. The fourth-order valence-electron chi connectivity index (χ4n) is 0.462. The van der Waals surface area contributed by atoms with Crippen molar-refractivity contribution in [1.82, 2.24) is 5.32 Å². The van der Waals surface area contributed by atoms with Crippen molar-refractivity contribution in [3.05, 3.63) is 12.7 Å². The average Bonchev–Trinajstić information content (AvgIpc) is 2.04. The van der Waals surface area contributed by atoms with Crippen molar-refractivity contribution in [1.29, 1.82) is 0 Å². The maximum absolute atomic E-state index is 10.6. The molecule has 11 heavy (non-hydrogen) atoms. The van der Waals surface area contributed by atoms with Gasteiger partial charge in [0.1, 0.15) is 0 Å². The number of hydrogen-bond donors (Lipinski definition) is 1. The van der Waals surface area contributed by atoms with E-state index in [1.54, 1.807) is 0 Å². The van der Waals surface area contributed by atoms with E-state index in [9.17, 15) is 9.59 Å². The highest BCUT2D eigenvalue weighted by Crippen LogP contribution is 1.81. The first-order valence-electron chi connectivity index (χ1n) is 3.17. The molecular formula is C7H11NO3. The second kappa shape index (κ2) is 5.46. The highest BCUT2D eigenvalue weighted by atomic mass is 16.5. The van der Waals surface area contributed by atoms with E-state index in [1.807, 2.05) is 0 Å². The minimum absolute atomic E-state index is 0.0959. The number of ketones is 1. The van der Waals surface area contributed by atoms with Gasteiger partial charge in [0.05, 0.1) is 7.11 Å². The molecule has 0 radical (unpaired) electrons. The molecule has 0 saturated carbocycles. The largest absolute Gasteiger partial charge is 0.453 e. The maximum Gasteiger partial charge on any atom is 0.406 e. The van der Waals surface area contributed by atoms with Crippen LogP contribution in [0, 0.1) is 0 Å². The Bertz CT molecular complexity index is 165. The van der Waals surface area contributed by atoms with Gasteiger partial charge < -0.3 is 10.1 Å². The van der Waals surface area contributed by atoms with E-state index in [0.29, 0.717) is 0 Å². The standard InChI is InChI=1S/C7H11NO3/c1-3-6(9)4-5-8-7(10)11-2/h3H,1,4-5H2,2H3,(H,8,10). The Hall–Kier alpha value is -1.32. The van der Waals surface area contributed by atoms with Gasteiger partial charge in [-0.15, -0.1) is 0 Å². The van der Waals surface area contributed by atoms with Crippen molar-refractivity contribution in [2.45, 2.75) is 6.42 Å². The Morgan fingerprint density at radius 1 is 1.64 bits per heavy atom. The van der Waals surface area contributed by atoms with Crippen LogP contribution in [0.25, 0.3) is 0 Å². The minimum Gasteiger partial charge on any atom is -0.453 e. The van der Waals surface area contributed by atoms with Gasteiger partial charge in [0.2, 0.25) is 0 Å². The van der Waals surface area contributed by atoms with Gasteiger partial charge in [0.25, 0.3) is 0 Å². The third-order valence-electron chi connectivity index (χ3n) is 1.05. The van der Waals surface area contributed by atoms with E-state index in [1.165, 1.54) is 13.2 Å². The number of methoxy groups -OCH3 is 1. The quantitative estimate of drug-likeness (QED) is 0.604. The number of amides is 1. The molecule has 0 rings (SSSR count). The van der Waals surface area contributed by atoms with Gasteiger partial charge in [-0.05, 0) is 6.08 Å². The molecule has 1 amide bonds. The second-order valence-electron chi connectivity index (χ2n) is 1.84. The number of nitrogens with one attached hydrogen (secondary N) is 1. The summed E-state index contributed by atoms with van der Waals surface area (Å²) in [4.78, 5) is 21.0. The summed E-state index contributed by atoms with van der Waals surface area (Å²) in [7, 11) is 1.27. The van der Waals surface area contributed by atoms with Gasteiger partial charge in [-0.2, -0.15) is 0 Å². The van der Waals surface area contributed by atoms with Crippen LogP contribution in [0.3, 0.4) is 0 Å². The summed E-state index contributed by atoms with van der Waals surface area (Å²) >= 11 is 0. The molecule has 1 N–H and O–H groups in total. The molecule has 62 valence electrons. The number of carbonyl (C=O) groups is 2. The number of alkyl carbamates (subject to hydrolysis) is 1. The molecule has 0 aliphatic carbocycles. The molecule has 0 saturated heterocycles. The fraction of sp³-hybridized carbons (Fsp3) is 0.429. The van der Waals surface area contributed by atoms with Crippen LogP contribution in [0.1, 0.15) is 6.42 Å². The van der Waals surface area contributed by atoms with E-state index in [2.05, 4.69) is 16.6 Å². The van der Waals surface area contributed by atoms with E-state index >= 15 is 0 Å². The van der Waals surface area contributed by atoms with Crippen LogP contribution in [0.2, 0.25) is 0 Å². The molecule has 0 aliphatic rings. The molecule has 0 bridgehead atoms. The molecule has 0 heterocycles. The van der Waals surface area contributed by atoms with Gasteiger partial charge in [-0.25, -0.2) is 4.79 Å². The molecule has 0 fully saturated rings. The molecule has 0 spiro atoms. The summed E-state index contributed by atoms with van der Waals surface area (Å²) in [6.45, 7) is 3.57. The van der Waals surface area contributed by atoms with Gasteiger partial charge in [0, 0.05) is 13.0 Å². The zero-order valence-electron chi connectivity index (χ0n) is 6.42. The lowest BCUT2D eigenvalue weighted by Crippen LogP contribution is -2.25. The first kappa shape index (κ1) is 9.68. The summed E-state index contributed by atoms with van der Waals surface area (Å²) < 4.78 is 4.28. The maximum atomic E-state index is 10.6. The van der Waals surface area contributed by atoms with Crippen LogP contribution in [-0.4, -0.2) is 25.5 Å². The molecule has 0 aliphatic heterocycles. The monoisotopic (exact) mass is 157 g/mol. The van der Waals surface area contributed by atoms with Crippen LogP contribution in [0.5, 0.6) is 0 Å². The van der Waals surface area contributed by atoms with Crippen molar-refractivity contribution >= 4 is 11.9 Å². The fourth-order valence-corrected chi connectivity index (χ4v) is 0.462. The van der Waals surface area contributed by atoms with E-state index in [4.69, 9.17) is 0 Å². The molecule has 4 heteroatoms. The van der Waals surface area contributed by atoms with Crippen molar-refractivity contribution in [3.63, 3.8) is 0 Å². The van der Waals surface area contributed by atoms with Crippen molar-refractivity contribution in [3.8, 4) is 0 Å². The topological polar surface area (TPSA) is 55.4 Å². The zero-order valence-corrected chi connectivity index (χ0v) is 6.42. The molecular weight excluding hydrogens is 146 g/mol. The van der Waals surface area contributed by atoms with Crippen molar-refractivity contribution < 1.29 is 14.3 Å². The van der Waals surface area contributed by atoms with Crippen LogP contribution in [0.4, 0.5) is 4.79 Å². The lowest BCUT2D eigenvalue weighted by Gasteiger charge is -1.99. The highest BCUT2D eigenvalue weighted by Gasteiger charge is 1.98. The number of carbonyl (C=O) groups excluding carboxylic acids is 2. The summed E-state index contributed by atoms with van der Waals surface area (Å²) in [6.07, 6.45) is 0.958. The average molecular weight is 157 g/mol. The lowest BCUT2D eigenvalue weighted by atomic mass is 10.3. The second-order valence-corrected chi connectivity index (χ2v) is 1.84. The van der Waals surface area contributed by atoms with Crippen LogP contribution < -0.4 is 5.32 Å². The number of allylic oxidation sites excluding steroid dienone is 1. The molecule has 4 nitrogen and oxygen atoms in total. The first-order valence-corrected chi connectivity index (χ1v) is 3.17. The van der Waals surface area contributed by atoms with Gasteiger partial charge in [-0.1, -0.05) is 6.58 Å². The first-order chi connectivity index (χ1) is 5.20. The minimum atomic E-state index is -0.526. The SMILES string of the molecule is C=CC(=O)CCNC(=O)OC. The molecule has 0 aromatic rings. The normalized spacial score (nSPS) is 8.45. The number of rotatable bonds is 4. The molecule has 0 atom stereocenters. The smallest absolute Gasteiger partial charge is 0.406 e. The Balaban J connectivity index is 3.34. The Morgan fingerprint density at radius 3 is 2.73 bits per heavy atom. The van der Waals surface area contributed by atoms with E-state index in [0.717, 1.165) is 0 Å². The zero-order chi connectivity index (χ0) is 8.69.